The van der Waals surface area contributed by atoms with E-state index in [1.54, 1.807) is 0 Å². The van der Waals surface area contributed by atoms with Crippen molar-refractivity contribution in [3.63, 3.8) is 0 Å². The fourth-order valence-electron chi connectivity index (χ4n) is 2.71. The lowest BCUT2D eigenvalue weighted by Gasteiger charge is -2.36. The first kappa shape index (κ1) is 11.6. The number of nitrogens with zero attached hydrogens (tertiary/aromatic N) is 2. The van der Waals surface area contributed by atoms with Crippen LogP contribution in [0.3, 0.4) is 0 Å². The van der Waals surface area contributed by atoms with Gasteiger partial charge in [0.1, 0.15) is 0 Å². The van der Waals surface area contributed by atoms with Gasteiger partial charge in [-0.2, -0.15) is 0 Å². The number of hydrogen-bond donors (Lipinski definition) is 2. The number of urea groups is 2. The van der Waals surface area contributed by atoms with Crippen LogP contribution in [0.1, 0.15) is 25.7 Å². The molecule has 0 aromatic heterocycles. The Bertz CT molecular complexity index is 348. The molecule has 2 saturated heterocycles. The van der Waals surface area contributed by atoms with Crippen LogP contribution in [0.15, 0.2) is 0 Å². The summed E-state index contributed by atoms with van der Waals surface area (Å²) in [5, 5.41) is 5.84. The van der Waals surface area contributed by atoms with Gasteiger partial charge in [0, 0.05) is 38.3 Å². The lowest BCUT2D eigenvalue weighted by molar-refractivity contribution is 0.141. The Kier molecular flexibility index (Phi) is 3.01. The van der Waals surface area contributed by atoms with Gasteiger partial charge in [0.05, 0.1) is 0 Å². The maximum absolute atomic E-state index is 11.9. The number of piperidine rings is 1. The summed E-state index contributed by atoms with van der Waals surface area (Å²) in [5.74, 6) is 0. The van der Waals surface area contributed by atoms with Gasteiger partial charge in [-0.1, -0.05) is 0 Å². The highest BCUT2D eigenvalue weighted by Gasteiger charge is 2.33. The van der Waals surface area contributed by atoms with Gasteiger partial charge in [-0.25, -0.2) is 9.59 Å². The van der Waals surface area contributed by atoms with Gasteiger partial charge in [-0.15, -0.1) is 0 Å². The minimum absolute atomic E-state index is 0.0517. The van der Waals surface area contributed by atoms with Crippen molar-refractivity contribution in [3.8, 4) is 0 Å². The van der Waals surface area contributed by atoms with E-state index in [1.165, 1.54) is 0 Å². The topological polar surface area (TPSA) is 64.7 Å². The lowest BCUT2D eigenvalue weighted by Crippen LogP contribution is -2.50. The Morgan fingerprint density at radius 3 is 2.44 bits per heavy atom. The standard InChI is InChI=1S/C12H20N4O2/c17-11-13-5-8-16(11)10-3-6-15(7-4-10)12(18)14-9-1-2-9/h9-10H,1-8H2,(H,13,17)(H,14,18). The molecule has 0 radical (unpaired) electrons. The second-order valence-corrected chi connectivity index (χ2v) is 5.37. The third-order valence-electron chi connectivity index (χ3n) is 3.99. The maximum Gasteiger partial charge on any atom is 0.317 e. The lowest BCUT2D eigenvalue weighted by atomic mass is 10.0. The normalized spacial score (nSPS) is 25.2. The summed E-state index contributed by atoms with van der Waals surface area (Å²) in [6.45, 7) is 3.07. The van der Waals surface area contributed by atoms with E-state index in [9.17, 15) is 9.59 Å². The number of amides is 4. The first-order valence-corrected chi connectivity index (χ1v) is 6.84. The predicted octanol–water partition coefficient (Wildman–Crippen LogP) is 0.348. The van der Waals surface area contributed by atoms with Crippen molar-refractivity contribution in [2.45, 2.75) is 37.8 Å². The van der Waals surface area contributed by atoms with E-state index in [2.05, 4.69) is 10.6 Å². The predicted molar refractivity (Wildman–Crippen MR) is 66.3 cm³/mol. The molecule has 2 N–H and O–H groups in total. The van der Waals surface area contributed by atoms with E-state index >= 15 is 0 Å². The van der Waals surface area contributed by atoms with Crippen LogP contribution in [-0.4, -0.2) is 60.1 Å². The van der Waals surface area contributed by atoms with E-state index < -0.39 is 0 Å². The van der Waals surface area contributed by atoms with Crippen molar-refractivity contribution >= 4 is 12.1 Å². The van der Waals surface area contributed by atoms with E-state index in [1.807, 2.05) is 9.80 Å². The number of nitrogens with one attached hydrogen (secondary N) is 2. The van der Waals surface area contributed by atoms with Crippen molar-refractivity contribution in [3.05, 3.63) is 0 Å². The van der Waals surface area contributed by atoms with E-state index in [-0.39, 0.29) is 12.1 Å². The summed E-state index contributed by atoms with van der Waals surface area (Å²) in [7, 11) is 0. The second kappa shape index (κ2) is 4.66. The van der Waals surface area contributed by atoms with Crippen molar-refractivity contribution in [1.29, 1.82) is 0 Å². The Labute approximate surface area is 107 Å². The van der Waals surface area contributed by atoms with Gasteiger partial charge in [0.2, 0.25) is 0 Å². The minimum atomic E-state index is 0.0517. The fraction of sp³-hybridized carbons (Fsp3) is 0.833. The quantitative estimate of drug-likeness (QED) is 0.744. The Morgan fingerprint density at radius 2 is 1.89 bits per heavy atom. The average Bonchev–Trinajstić information content (AvgIpc) is 3.09. The van der Waals surface area contributed by atoms with Gasteiger partial charge < -0.3 is 20.4 Å². The number of carbonyl (C=O) groups is 2. The van der Waals surface area contributed by atoms with Crippen LogP contribution >= 0.6 is 0 Å². The molecule has 6 nitrogen and oxygen atoms in total. The molecule has 3 fully saturated rings. The summed E-state index contributed by atoms with van der Waals surface area (Å²) in [5.41, 5.74) is 0. The molecule has 0 spiro atoms. The molecule has 0 unspecified atom stereocenters. The zero-order valence-corrected chi connectivity index (χ0v) is 10.5. The zero-order chi connectivity index (χ0) is 12.5. The molecular formula is C12H20N4O2. The van der Waals surface area contributed by atoms with Crippen molar-refractivity contribution in [2.24, 2.45) is 0 Å². The summed E-state index contributed by atoms with van der Waals surface area (Å²) < 4.78 is 0. The molecule has 0 aromatic rings. The van der Waals surface area contributed by atoms with E-state index in [4.69, 9.17) is 0 Å². The molecule has 100 valence electrons. The third kappa shape index (κ3) is 2.37. The molecule has 4 amide bonds. The molecule has 6 heteroatoms. The molecule has 1 aliphatic carbocycles. The van der Waals surface area contributed by atoms with Crippen LogP contribution in [0.2, 0.25) is 0 Å². The summed E-state index contributed by atoms with van der Waals surface area (Å²) >= 11 is 0. The molecular weight excluding hydrogens is 232 g/mol. The second-order valence-electron chi connectivity index (χ2n) is 5.37. The molecule has 0 bridgehead atoms. The molecule has 0 aromatic carbocycles. The first-order valence-electron chi connectivity index (χ1n) is 6.84. The van der Waals surface area contributed by atoms with Gasteiger partial charge in [0.25, 0.3) is 0 Å². The van der Waals surface area contributed by atoms with Crippen LogP contribution in [0.4, 0.5) is 9.59 Å². The van der Waals surface area contributed by atoms with Crippen LogP contribution in [0.5, 0.6) is 0 Å². The van der Waals surface area contributed by atoms with Crippen molar-refractivity contribution in [1.82, 2.24) is 20.4 Å². The van der Waals surface area contributed by atoms with Gasteiger partial charge in [-0.05, 0) is 25.7 Å². The highest BCUT2D eigenvalue weighted by molar-refractivity contribution is 5.77. The van der Waals surface area contributed by atoms with E-state index in [0.717, 1.165) is 51.9 Å². The molecule has 1 saturated carbocycles. The number of hydrogen-bond acceptors (Lipinski definition) is 2. The summed E-state index contributed by atoms with van der Waals surface area (Å²) in [4.78, 5) is 27.2. The number of carbonyl (C=O) groups excluding carboxylic acids is 2. The Morgan fingerprint density at radius 1 is 1.17 bits per heavy atom. The van der Waals surface area contributed by atoms with Crippen LogP contribution in [-0.2, 0) is 0 Å². The van der Waals surface area contributed by atoms with Gasteiger partial charge in [-0.3, -0.25) is 0 Å². The average molecular weight is 252 g/mol. The van der Waals surface area contributed by atoms with E-state index in [0.29, 0.717) is 12.1 Å². The first-order chi connectivity index (χ1) is 8.74. The van der Waals surface area contributed by atoms with Gasteiger partial charge >= 0.3 is 12.1 Å². The smallest absolute Gasteiger partial charge is 0.317 e. The minimum Gasteiger partial charge on any atom is -0.336 e. The van der Waals surface area contributed by atoms with Crippen molar-refractivity contribution in [2.75, 3.05) is 26.2 Å². The zero-order valence-electron chi connectivity index (χ0n) is 10.5. The molecule has 2 aliphatic heterocycles. The number of rotatable bonds is 2. The molecule has 18 heavy (non-hydrogen) atoms. The summed E-state index contributed by atoms with van der Waals surface area (Å²) in [6.07, 6.45) is 4.03. The van der Waals surface area contributed by atoms with Crippen LogP contribution < -0.4 is 10.6 Å². The monoisotopic (exact) mass is 252 g/mol. The Hall–Kier alpha value is -1.46. The SMILES string of the molecule is O=C(NC1CC1)N1CCC(N2CCNC2=O)CC1. The van der Waals surface area contributed by atoms with Gasteiger partial charge in [0.15, 0.2) is 0 Å². The summed E-state index contributed by atoms with van der Waals surface area (Å²) in [6, 6.07) is 0.842. The Balaban J connectivity index is 1.48. The largest absolute Gasteiger partial charge is 0.336 e. The maximum atomic E-state index is 11.9. The highest BCUT2D eigenvalue weighted by atomic mass is 16.2. The van der Waals surface area contributed by atoms with Crippen LogP contribution in [0.25, 0.3) is 0 Å². The number of likely N-dealkylation sites (tertiary alicyclic amines) is 1. The molecule has 3 rings (SSSR count). The highest BCUT2D eigenvalue weighted by Crippen LogP contribution is 2.21. The molecule has 2 heterocycles. The fourth-order valence-corrected chi connectivity index (χ4v) is 2.71. The van der Waals surface area contributed by atoms with Crippen LogP contribution in [0, 0.1) is 0 Å². The molecule has 3 aliphatic rings. The molecule has 0 atom stereocenters. The van der Waals surface area contributed by atoms with Crippen molar-refractivity contribution < 1.29 is 9.59 Å². The third-order valence-corrected chi connectivity index (χ3v) is 3.99.